The van der Waals surface area contributed by atoms with Crippen LogP contribution in [0.25, 0.3) is 0 Å². The maximum Gasteiger partial charge on any atom is 0.242 e. The Kier molecular flexibility index (Phi) is 8.44. The van der Waals surface area contributed by atoms with Gasteiger partial charge in [-0.3, -0.25) is 9.69 Å². The molecule has 0 aliphatic heterocycles. The van der Waals surface area contributed by atoms with E-state index >= 15 is 0 Å². The lowest BCUT2D eigenvalue weighted by Gasteiger charge is -2.27. The normalized spacial score (nSPS) is 12.8. The van der Waals surface area contributed by atoms with Gasteiger partial charge < -0.3 is 4.74 Å². The third-order valence-corrected chi connectivity index (χ3v) is 6.96. The maximum absolute atomic E-state index is 13.2. The lowest BCUT2D eigenvalue weighted by Crippen LogP contribution is -2.38. The molecule has 0 saturated heterocycles. The van der Waals surface area contributed by atoms with Crippen molar-refractivity contribution in [1.82, 2.24) is 25.1 Å². The Labute approximate surface area is 191 Å². The second kappa shape index (κ2) is 11.3. The highest BCUT2D eigenvalue weighted by atomic mass is 28.3. The topological polar surface area (TPSA) is 73.1 Å². The number of rotatable bonds is 12. The molecule has 3 aromatic rings. The summed E-state index contributed by atoms with van der Waals surface area (Å²) in [4.78, 5) is 16.7. The molecular weight excluding hydrogens is 418 g/mol. The van der Waals surface area contributed by atoms with Crippen LogP contribution < -0.4 is 0 Å². The van der Waals surface area contributed by atoms with Gasteiger partial charge in [-0.2, -0.15) is 0 Å². The molecule has 1 aromatic heterocycles. The summed E-state index contributed by atoms with van der Waals surface area (Å²) in [6, 6.07) is 21.0. The second-order valence-electron chi connectivity index (χ2n) is 9.25. The fourth-order valence-corrected chi connectivity index (χ4v) is 4.00. The maximum atomic E-state index is 13.2. The van der Waals surface area contributed by atoms with Gasteiger partial charge in [0.1, 0.15) is 0 Å². The average Bonchev–Trinajstić information content (AvgIpc) is 3.25. The smallest absolute Gasteiger partial charge is 0.242 e. The number of carbonyl (C=O) groups excluding carboxylic acids is 1. The molecule has 0 aliphatic carbocycles. The molecule has 0 aliphatic rings. The number of carbonyl (C=O) groups is 1. The van der Waals surface area contributed by atoms with Crippen molar-refractivity contribution in [1.29, 1.82) is 0 Å². The van der Waals surface area contributed by atoms with Crippen molar-refractivity contribution < 1.29 is 9.53 Å². The van der Waals surface area contributed by atoms with Gasteiger partial charge >= 0.3 is 0 Å². The minimum absolute atomic E-state index is 0.123. The minimum atomic E-state index is -1.15. The second-order valence-corrected chi connectivity index (χ2v) is 14.9. The summed E-state index contributed by atoms with van der Waals surface area (Å²) < 4.78 is 5.67. The number of tetrazole rings is 1. The van der Waals surface area contributed by atoms with Crippen LogP contribution in [-0.2, 0) is 24.6 Å². The van der Waals surface area contributed by atoms with Gasteiger partial charge in [-0.15, -0.1) is 15.0 Å². The van der Waals surface area contributed by atoms with Gasteiger partial charge in [0.2, 0.25) is 11.6 Å². The number of hydrogen-bond donors (Lipinski definition) is 0. The van der Waals surface area contributed by atoms with E-state index in [1.165, 1.54) is 4.80 Å². The highest BCUT2D eigenvalue weighted by molar-refractivity contribution is 6.76. The Morgan fingerprint density at radius 3 is 2.09 bits per heavy atom. The van der Waals surface area contributed by atoms with E-state index in [2.05, 4.69) is 64.2 Å². The van der Waals surface area contributed by atoms with E-state index in [0.29, 0.717) is 19.7 Å². The van der Waals surface area contributed by atoms with Gasteiger partial charge in [0.15, 0.2) is 6.73 Å². The van der Waals surface area contributed by atoms with Crippen LogP contribution in [-0.4, -0.2) is 51.6 Å². The third kappa shape index (κ3) is 7.47. The van der Waals surface area contributed by atoms with Crippen LogP contribution in [0.3, 0.4) is 0 Å². The predicted molar refractivity (Wildman–Crippen MR) is 128 cm³/mol. The van der Waals surface area contributed by atoms with Crippen molar-refractivity contribution in [3.05, 3.63) is 77.6 Å². The molecule has 1 atom stereocenters. The van der Waals surface area contributed by atoms with E-state index in [4.69, 9.17) is 4.74 Å². The zero-order chi connectivity index (χ0) is 23.0. The number of ketones is 1. The van der Waals surface area contributed by atoms with Crippen molar-refractivity contribution >= 4 is 13.9 Å². The average molecular weight is 452 g/mol. The number of hydrogen-bond acceptors (Lipinski definition) is 6. The fourth-order valence-electron chi connectivity index (χ4n) is 3.24. The summed E-state index contributed by atoms with van der Waals surface area (Å²) in [5.41, 5.74) is 2.30. The minimum Gasteiger partial charge on any atom is -0.358 e. The molecule has 0 fully saturated rings. The first-order valence-corrected chi connectivity index (χ1v) is 14.7. The van der Waals surface area contributed by atoms with Crippen LogP contribution in [0.4, 0.5) is 0 Å². The number of benzene rings is 2. The molecule has 0 N–H and O–H groups in total. The molecule has 0 bridgehead atoms. The molecule has 2 aromatic carbocycles. The summed E-state index contributed by atoms with van der Waals surface area (Å²) in [6.45, 7) is 11.0. The van der Waals surface area contributed by atoms with Gasteiger partial charge in [0.05, 0.1) is 6.04 Å². The largest absolute Gasteiger partial charge is 0.358 e. The molecule has 0 saturated carbocycles. The molecule has 7 nitrogen and oxygen atoms in total. The van der Waals surface area contributed by atoms with E-state index in [1.54, 1.807) is 0 Å². The first kappa shape index (κ1) is 24.0. The molecule has 3 rings (SSSR count). The van der Waals surface area contributed by atoms with E-state index in [1.807, 2.05) is 43.3 Å². The summed E-state index contributed by atoms with van der Waals surface area (Å²) >= 11 is 0. The zero-order valence-electron chi connectivity index (χ0n) is 19.4. The first-order chi connectivity index (χ1) is 15.3. The van der Waals surface area contributed by atoms with Crippen LogP contribution in [0.5, 0.6) is 0 Å². The standard InChI is InChI=1S/C24H33N5O2Si/c1-20(23(30)24-25-27-29(26-24)19-31-15-16-32(2,3)4)28(17-21-11-7-5-8-12-21)18-22-13-9-6-10-14-22/h5-14,20H,15-19H2,1-4H3/t20-/m0/s1. The van der Waals surface area contributed by atoms with Gasteiger partial charge in [-0.1, -0.05) is 80.3 Å². The molecule has 32 heavy (non-hydrogen) atoms. The van der Waals surface area contributed by atoms with Crippen LogP contribution in [0, 0.1) is 0 Å². The quantitative estimate of drug-likeness (QED) is 0.233. The Hall–Kier alpha value is -2.68. The summed E-state index contributed by atoms with van der Waals surface area (Å²) in [6.07, 6.45) is 0. The molecule has 0 amide bonds. The van der Waals surface area contributed by atoms with Crippen LogP contribution in [0.2, 0.25) is 25.7 Å². The molecule has 0 spiro atoms. The highest BCUT2D eigenvalue weighted by Gasteiger charge is 2.26. The lowest BCUT2D eigenvalue weighted by atomic mass is 10.1. The van der Waals surface area contributed by atoms with Gasteiger partial charge in [0.25, 0.3) is 0 Å². The Bertz CT molecular complexity index is 931. The SMILES string of the molecule is C[C@@H](C(=O)c1nnn(COCC[Si](C)(C)C)n1)N(Cc1ccccc1)Cc1ccccc1. The van der Waals surface area contributed by atoms with Crippen LogP contribution in [0.15, 0.2) is 60.7 Å². The van der Waals surface area contributed by atoms with Crippen LogP contribution >= 0.6 is 0 Å². The molecule has 0 radical (unpaired) electrons. The number of nitrogens with zero attached hydrogens (tertiary/aromatic N) is 5. The van der Waals surface area contributed by atoms with Gasteiger partial charge in [-0.25, -0.2) is 0 Å². The fraction of sp³-hybridized carbons (Fsp3) is 0.417. The summed E-state index contributed by atoms with van der Waals surface area (Å²) in [5, 5.41) is 12.3. The van der Waals surface area contributed by atoms with Crippen molar-refractivity contribution in [3.63, 3.8) is 0 Å². The Morgan fingerprint density at radius 2 is 1.56 bits per heavy atom. The number of aromatic nitrogens is 4. The highest BCUT2D eigenvalue weighted by Crippen LogP contribution is 2.15. The first-order valence-electron chi connectivity index (χ1n) is 11.0. The number of ether oxygens (including phenoxy) is 1. The predicted octanol–water partition coefficient (Wildman–Crippen LogP) is 4.26. The van der Waals surface area contributed by atoms with Crippen molar-refractivity contribution in [3.8, 4) is 0 Å². The molecule has 170 valence electrons. The summed E-state index contributed by atoms with van der Waals surface area (Å²) in [5.74, 6) is -0.0253. The monoisotopic (exact) mass is 451 g/mol. The lowest BCUT2D eigenvalue weighted by molar-refractivity contribution is 0.0666. The zero-order valence-corrected chi connectivity index (χ0v) is 20.4. The van der Waals surface area contributed by atoms with Gasteiger partial charge in [0, 0.05) is 27.8 Å². The van der Waals surface area contributed by atoms with E-state index in [0.717, 1.165) is 17.2 Å². The van der Waals surface area contributed by atoms with Crippen LogP contribution in [0.1, 0.15) is 28.7 Å². The molecule has 1 heterocycles. The van der Waals surface area contributed by atoms with E-state index in [-0.39, 0.29) is 18.3 Å². The molecule has 0 unspecified atom stereocenters. The van der Waals surface area contributed by atoms with E-state index in [9.17, 15) is 4.79 Å². The van der Waals surface area contributed by atoms with E-state index < -0.39 is 14.1 Å². The summed E-state index contributed by atoms with van der Waals surface area (Å²) in [7, 11) is -1.15. The third-order valence-electron chi connectivity index (χ3n) is 5.26. The van der Waals surface area contributed by atoms with Crippen molar-refractivity contribution in [2.75, 3.05) is 6.61 Å². The molecular formula is C24H33N5O2Si. The van der Waals surface area contributed by atoms with Gasteiger partial charge in [-0.05, 0) is 29.3 Å². The Morgan fingerprint density at radius 1 is 1.00 bits per heavy atom. The van der Waals surface area contributed by atoms with Crippen molar-refractivity contribution in [2.45, 2.75) is 58.5 Å². The number of Topliss-reactive ketones (excluding diaryl/α,β-unsaturated/α-hetero) is 1. The Balaban J connectivity index is 1.66. The van der Waals surface area contributed by atoms with Crippen molar-refractivity contribution in [2.24, 2.45) is 0 Å². The molecule has 8 heteroatoms.